The van der Waals surface area contributed by atoms with E-state index in [0.29, 0.717) is 12.1 Å². The van der Waals surface area contributed by atoms with Crippen molar-refractivity contribution in [3.63, 3.8) is 0 Å². The van der Waals surface area contributed by atoms with Gasteiger partial charge in [0.15, 0.2) is 0 Å². The molecule has 0 atom stereocenters. The molecule has 3 rings (SSSR count). The third-order valence-electron chi connectivity index (χ3n) is 4.81. The van der Waals surface area contributed by atoms with Gasteiger partial charge in [-0.05, 0) is 61.1 Å². The topological polar surface area (TPSA) is 72.8 Å². The van der Waals surface area contributed by atoms with Crippen LogP contribution in [0.3, 0.4) is 0 Å². The maximum absolute atomic E-state index is 12.9. The van der Waals surface area contributed by atoms with Crippen molar-refractivity contribution in [1.82, 2.24) is 10.2 Å². The number of aromatic hydroxyl groups is 2. The molecule has 0 bridgehead atoms. The van der Waals surface area contributed by atoms with Gasteiger partial charge in [-0.2, -0.15) is 0 Å². The third kappa shape index (κ3) is 5.15. The monoisotopic (exact) mass is 390 g/mol. The molecule has 0 fully saturated rings. The lowest BCUT2D eigenvalue weighted by atomic mass is 9.82. The van der Waals surface area contributed by atoms with Crippen molar-refractivity contribution < 1.29 is 15.0 Å². The number of carbonyl (C=O) groups is 1. The summed E-state index contributed by atoms with van der Waals surface area (Å²) in [7, 11) is 3.93. The van der Waals surface area contributed by atoms with Crippen LogP contribution in [0, 0.1) is 0 Å². The first-order valence-electron chi connectivity index (χ1n) is 9.55. The molecule has 0 radical (unpaired) electrons. The maximum atomic E-state index is 12.9. The van der Waals surface area contributed by atoms with Crippen molar-refractivity contribution >= 4 is 5.91 Å². The number of carbonyl (C=O) groups excluding carboxylic acids is 1. The molecule has 0 aromatic heterocycles. The van der Waals surface area contributed by atoms with Crippen LogP contribution in [0.2, 0.25) is 0 Å². The van der Waals surface area contributed by atoms with Crippen LogP contribution in [0.1, 0.15) is 33.0 Å². The number of hydrogen-bond acceptors (Lipinski definition) is 4. The normalized spacial score (nSPS) is 11.0. The smallest absolute Gasteiger partial charge is 0.251 e. The zero-order valence-electron chi connectivity index (χ0n) is 16.7. The lowest BCUT2D eigenvalue weighted by Gasteiger charge is -2.22. The number of nitrogens with one attached hydrogen (secondary N) is 1. The number of hydrogen-bond donors (Lipinski definition) is 3. The van der Waals surface area contributed by atoms with E-state index in [2.05, 4.69) is 5.32 Å². The summed E-state index contributed by atoms with van der Waals surface area (Å²) in [5.74, 6) is 0.0397. The number of amides is 1. The van der Waals surface area contributed by atoms with Gasteiger partial charge in [-0.3, -0.25) is 4.79 Å². The molecule has 5 nitrogen and oxygen atoms in total. The van der Waals surface area contributed by atoms with Crippen molar-refractivity contribution in [3.8, 4) is 11.5 Å². The van der Waals surface area contributed by atoms with Crippen LogP contribution in [-0.4, -0.2) is 48.2 Å². The lowest BCUT2D eigenvalue weighted by Crippen LogP contribution is -2.32. The molecule has 0 unspecified atom stereocenters. The average molecular weight is 390 g/mol. The Labute approximate surface area is 171 Å². The first-order chi connectivity index (χ1) is 14.0. The Bertz CT molecular complexity index is 905. The van der Waals surface area contributed by atoms with Gasteiger partial charge in [0.05, 0.1) is 0 Å². The van der Waals surface area contributed by atoms with Gasteiger partial charge >= 0.3 is 0 Å². The van der Waals surface area contributed by atoms with Gasteiger partial charge in [-0.15, -0.1) is 0 Å². The summed E-state index contributed by atoms with van der Waals surface area (Å²) in [6, 6.07) is 21.5. The SMILES string of the molecule is CN(C)CCNC(=O)c1ccccc1C(c1ccc(O)cc1)c1ccc(O)cc1. The second-order valence-electron chi connectivity index (χ2n) is 7.26. The standard InChI is InChI=1S/C24H26N2O3/c1-26(2)16-15-25-24(29)22-6-4-3-5-21(22)23(17-7-11-19(27)12-8-17)18-9-13-20(28)14-10-18/h3-14,23,27-28H,15-16H2,1-2H3,(H,25,29). The highest BCUT2D eigenvalue weighted by atomic mass is 16.3. The molecular formula is C24H26N2O3. The molecule has 1 amide bonds. The van der Waals surface area contributed by atoms with Gasteiger partial charge < -0.3 is 20.4 Å². The minimum absolute atomic E-state index is 0.120. The average Bonchev–Trinajstić information content (AvgIpc) is 2.71. The molecule has 0 saturated carbocycles. The molecule has 0 aliphatic carbocycles. The van der Waals surface area contributed by atoms with Crippen molar-refractivity contribution in [2.24, 2.45) is 0 Å². The van der Waals surface area contributed by atoms with Crippen LogP contribution in [0.25, 0.3) is 0 Å². The highest BCUT2D eigenvalue weighted by molar-refractivity contribution is 5.96. The van der Waals surface area contributed by atoms with E-state index >= 15 is 0 Å². The van der Waals surface area contributed by atoms with E-state index in [9.17, 15) is 15.0 Å². The zero-order chi connectivity index (χ0) is 20.8. The molecule has 0 heterocycles. The quantitative estimate of drug-likeness (QED) is 0.539. The van der Waals surface area contributed by atoms with Gasteiger partial charge in [0.1, 0.15) is 11.5 Å². The Balaban J connectivity index is 2.03. The molecule has 3 aromatic carbocycles. The van der Waals surface area contributed by atoms with Crippen molar-refractivity contribution in [2.75, 3.05) is 27.2 Å². The fourth-order valence-electron chi connectivity index (χ4n) is 3.33. The van der Waals surface area contributed by atoms with Crippen LogP contribution < -0.4 is 5.32 Å². The highest BCUT2D eigenvalue weighted by Gasteiger charge is 2.22. The second-order valence-corrected chi connectivity index (χ2v) is 7.26. The Kier molecular flexibility index (Phi) is 6.52. The largest absolute Gasteiger partial charge is 0.508 e. The molecule has 150 valence electrons. The van der Waals surface area contributed by atoms with E-state index in [-0.39, 0.29) is 23.3 Å². The highest BCUT2D eigenvalue weighted by Crippen LogP contribution is 2.35. The van der Waals surface area contributed by atoms with Crippen LogP contribution in [-0.2, 0) is 0 Å². The van der Waals surface area contributed by atoms with Crippen molar-refractivity contribution in [2.45, 2.75) is 5.92 Å². The summed E-state index contributed by atoms with van der Waals surface area (Å²) in [6.45, 7) is 1.32. The Morgan fingerprint density at radius 2 is 1.38 bits per heavy atom. The van der Waals surface area contributed by atoms with E-state index < -0.39 is 0 Å². The predicted molar refractivity (Wildman–Crippen MR) is 114 cm³/mol. The summed E-state index contributed by atoms with van der Waals surface area (Å²) >= 11 is 0. The summed E-state index contributed by atoms with van der Waals surface area (Å²) in [5, 5.41) is 22.4. The number of rotatable bonds is 7. The van der Waals surface area contributed by atoms with Gasteiger partial charge in [-0.25, -0.2) is 0 Å². The molecule has 3 aromatic rings. The van der Waals surface area contributed by atoms with Crippen LogP contribution in [0.15, 0.2) is 72.8 Å². The summed E-state index contributed by atoms with van der Waals surface area (Å²) in [6.07, 6.45) is 0. The Morgan fingerprint density at radius 1 is 0.862 bits per heavy atom. The molecule has 5 heteroatoms. The summed E-state index contributed by atoms with van der Waals surface area (Å²) in [5.41, 5.74) is 3.37. The second kappa shape index (κ2) is 9.26. The molecule has 3 N–H and O–H groups in total. The lowest BCUT2D eigenvalue weighted by molar-refractivity contribution is 0.0950. The maximum Gasteiger partial charge on any atom is 0.251 e. The molecule has 0 aliphatic rings. The van der Waals surface area contributed by atoms with Gasteiger partial charge in [0.2, 0.25) is 0 Å². The number of likely N-dealkylation sites (N-methyl/N-ethyl adjacent to an activating group) is 1. The first kappa shape index (κ1) is 20.4. The number of phenols is 2. The predicted octanol–water partition coefficient (Wildman–Crippen LogP) is 3.57. The molecule has 0 saturated heterocycles. The minimum Gasteiger partial charge on any atom is -0.508 e. The van der Waals surface area contributed by atoms with E-state index in [1.54, 1.807) is 24.3 Å². The number of phenolic OH excluding ortho intramolecular Hbond substituents is 2. The Hall–Kier alpha value is -3.31. The van der Waals surface area contributed by atoms with E-state index in [4.69, 9.17) is 0 Å². The minimum atomic E-state index is -0.216. The van der Waals surface area contributed by atoms with Crippen molar-refractivity contribution in [3.05, 3.63) is 95.1 Å². The molecule has 29 heavy (non-hydrogen) atoms. The molecular weight excluding hydrogens is 364 g/mol. The summed E-state index contributed by atoms with van der Waals surface area (Å²) in [4.78, 5) is 14.9. The third-order valence-corrected chi connectivity index (χ3v) is 4.81. The van der Waals surface area contributed by atoms with Crippen LogP contribution in [0.4, 0.5) is 0 Å². The zero-order valence-corrected chi connectivity index (χ0v) is 16.7. The van der Waals surface area contributed by atoms with Gasteiger partial charge in [0.25, 0.3) is 5.91 Å². The van der Waals surface area contributed by atoms with Crippen molar-refractivity contribution in [1.29, 1.82) is 0 Å². The number of nitrogens with zero attached hydrogens (tertiary/aromatic N) is 1. The van der Waals surface area contributed by atoms with E-state index in [0.717, 1.165) is 23.2 Å². The fourth-order valence-corrected chi connectivity index (χ4v) is 3.33. The van der Waals surface area contributed by atoms with E-state index in [1.165, 1.54) is 0 Å². The Morgan fingerprint density at radius 3 is 1.90 bits per heavy atom. The fraction of sp³-hybridized carbons (Fsp3) is 0.208. The van der Waals surface area contributed by atoms with Gasteiger partial charge in [0, 0.05) is 24.6 Å². The molecule has 0 aliphatic heterocycles. The number of benzene rings is 3. The van der Waals surface area contributed by atoms with Crippen LogP contribution >= 0.6 is 0 Å². The summed E-state index contributed by atoms with van der Waals surface area (Å²) < 4.78 is 0. The van der Waals surface area contributed by atoms with Crippen LogP contribution in [0.5, 0.6) is 11.5 Å². The first-order valence-corrected chi connectivity index (χ1v) is 9.55. The molecule has 0 spiro atoms. The van der Waals surface area contributed by atoms with E-state index in [1.807, 2.05) is 67.5 Å². The van der Waals surface area contributed by atoms with Gasteiger partial charge in [-0.1, -0.05) is 42.5 Å².